The molecule has 22 heavy (non-hydrogen) atoms. The molecule has 2 rings (SSSR count). The number of hydrogen-bond acceptors (Lipinski definition) is 2. The van der Waals surface area contributed by atoms with E-state index in [4.69, 9.17) is 11.6 Å². The van der Waals surface area contributed by atoms with Gasteiger partial charge in [-0.25, -0.2) is 0 Å². The standard InChI is InChI=1S/C16H10ClF3O2/c17-13-7-3-11(4-8-13)15(22)9-14(21)10-1-5-12(6-2-10)16(18,19)20/h1-8H,9H2. The van der Waals surface area contributed by atoms with Crippen LogP contribution in [0, 0.1) is 0 Å². The molecule has 2 aromatic carbocycles. The van der Waals surface area contributed by atoms with E-state index >= 15 is 0 Å². The van der Waals surface area contributed by atoms with E-state index in [-0.39, 0.29) is 5.56 Å². The highest BCUT2D eigenvalue weighted by atomic mass is 35.5. The van der Waals surface area contributed by atoms with Gasteiger partial charge in [0.25, 0.3) is 0 Å². The predicted molar refractivity (Wildman–Crippen MR) is 76.2 cm³/mol. The highest BCUT2D eigenvalue weighted by molar-refractivity contribution is 6.30. The Morgan fingerprint density at radius 3 is 1.64 bits per heavy atom. The molecule has 0 N–H and O–H groups in total. The van der Waals surface area contributed by atoms with Gasteiger partial charge in [0, 0.05) is 16.1 Å². The van der Waals surface area contributed by atoms with Crippen molar-refractivity contribution in [3.05, 3.63) is 70.2 Å². The highest BCUT2D eigenvalue weighted by Gasteiger charge is 2.30. The third-order valence-electron chi connectivity index (χ3n) is 3.02. The number of alkyl halides is 3. The van der Waals surface area contributed by atoms with Gasteiger partial charge in [-0.1, -0.05) is 23.7 Å². The van der Waals surface area contributed by atoms with E-state index in [1.54, 1.807) is 0 Å². The average molecular weight is 327 g/mol. The quantitative estimate of drug-likeness (QED) is 0.596. The van der Waals surface area contributed by atoms with Crippen molar-refractivity contribution in [1.82, 2.24) is 0 Å². The first-order valence-electron chi connectivity index (χ1n) is 6.26. The molecule has 0 bridgehead atoms. The third kappa shape index (κ3) is 3.95. The van der Waals surface area contributed by atoms with Crippen LogP contribution in [0.5, 0.6) is 0 Å². The van der Waals surface area contributed by atoms with Gasteiger partial charge >= 0.3 is 6.18 Å². The zero-order valence-corrected chi connectivity index (χ0v) is 11.9. The summed E-state index contributed by atoms with van der Waals surface area (Å²) in [6.45, 7) is 0. The minimum Gasteiger partial charge on any atom is -0.294 e. The summed E-state index contributed by atoms with van der Waals surface area (Å²) in [5.41, 5.74) is -0.451. The number of Topliss-reactive ketones (excluding diaryl/α,β-unsaturated/α-hetero) is 2. The average Bonchev–Trinajstić information content (AvgIpc) is 2.47. The fourth-order valence-corrected chi connectivity index (χ4v) is 1.96. The van der Waals surface area contributed by atoms with E-state index in [1.807, 2.05) is 0 Å². The van der Waals surface area contributed by atoms with Gasteiger partial charge in [0.1, 0.15) is 0 Å². The molecule has 0 aliphatic rings. The monoisotopic (exact) mass is 326 g/mol. The Morgan fingerprint density at radius 2 is 1.23 bits per heavy atom. The lowest BCUT2D eigenvalue weighted by atomic mass is 10.0. The van der Waals surface area contributed by atoms with Gasteiger partial charge in [0.2, 0.25) is 0 Å². The third-order valence-corrected chi connectivity index (χ3v) is 3.27. The topological polar surface area (TPSA) is 34.1 Å². The molecule has 0 fully saturated rings. The summed E-state index contributed by atoms with van der Waals surface area (Å²) in [6.07, 6.45) is -4.87. The van der Waals surface area contributed by atoms with E-state index in [1.165, 1.54) is 24.3 Å². The second kappa shape index (κ2) is 6.32. The van der Waals surface area contributed by atoms with Gasteiger partial charge in [-0.15, -0.1) is 0 Å². The van der Waals surface area contributed by atoms with E-state index in [2.05, 4.69) is 0 Å². The summed E-state index contributed by atoms with van der Waals surface area (Å²) in [7, 11) is 0. The lowest BCUT2D eigenvalue weighted by molar-refractivity contribution is -0.137. The Labute approximate surface area is 129 Å². The van der Waals surface area contributed by atoms with Crippen LogP contribution < -0.4 is 0 Å². The molecule has 0 saturated heterocycles. The predicted octanol–water partition coefficient (Wildman–Crippen LogP) is 4.81. The molecule has 0 aromatic heterocycles. The lowest BCUT2D eigenvalue weighted by Gasteiger charge is -2.07. The van der Waals surface area contributed by atoms with Crippen molar-refractivity contribution < 1.29 is 22.8 Å². The molecule has 0 radical (unpaired) electrons. The minimum absolute atomic E-state index is 0.0651. The van der Waals surface area contributed by atoms with Gasteiger partial charge in [-0.05, 0) is 36.4 Å². The van der Waals surface area contributed by atoms with Gasteiger partial charge in [0.15, 0.2) is 11.6 Å². The molecule has 2 aromatic rings. The summed E-state index contributed by atoms with van der Waals surface area (Å²) in [5.74, 6) is -0.949. The van der Waals surface area contributed by atoms with Crippen LogP contribution in [-0.4, -0.2) is 11.6 Å². The number of carbonyl (C=O) groups excluding carboxylic acids is 2. The number of ketones is 2. The number of hydrogen-bond donors (Lipinski definition) is 0. The molecule has 0 unspecified atom stereocenters. The molecule has 114 valence electrons. The van der Waals surface area contributed by atoms with Crippen molar-refractivity contribution in [2.24, 2.45) is 0 Å². The zero-order chi connectivity index (χ0) is 16.3. The summed E-state index contributed by atoms with van der Waals surface area (Å²) in [5, 5.41) is 0.464. The van der Waals surface area contributed by atoms with Crippen LogP contribution in [0.1, 0.15) is 32.7 Å². The minimum atomic E-state index is -4.46. The van der Waals surface area contributed by atoms with Crippen molar-refractivity contribution in [3.8, 4) is 0 Å². The number of halogens is 4. The Balaban J connectivity index is 2.09. The van der Waals surface area contributed by atoms with Crippen LogP contribution >= 0.6 is 11.6 Å². The van der Waals surface area contributed by atoms with Gasteiger partial charge in [0.05, 0.1) is 12.0 Å². The van der Waals surface area contributed by atoms with Crippen molar-refractivity contribution in [1.29, 1.82) is 0 Å². The lowest BCUT2D eigenvalue weighted by Crippen LogP contribution is -2.10. The van der Waals surface area contributed by atoms with Crippen LogP contribution in [-0.2, 0) is 6.18 Å². The maximum atomic E-state index is 12.4. The molecular weight excluding hydrogens is 317 g/mol. The first-order chi connectivity index (χ1) is 10.3. The maximum absolute atomic E-state index is 12.4. The Hall–Kier alpha value is -2.14. The summed E-state index contributed by atoms with van der Waals surface area (Å²) < 4.78 is 37.3. The maximum Gasteiger partial charge on any atom is 0.416 e. The van der Waals surface area contributed by atoms with E-state index in [9.17, 15) is 22.8 Å². The largest absolute Gasteiger partial charge is 0.416 e. The molecular formula is C16H10ClF3O2. The Kier molecular flexibility index (Phi) is 4.66. The Bertz CT molecular complexity index is 689. The molecule has 0 spiro atoms. The number of benzene rings is 2. The van der Waals surface area contributed by atoms with Gasteiger partial charge < -0.3 is 0 Å². The SMILES string of the molecule is O=C(CC(=O)c1ccc(C(F)(F)F)cc1)c1ccc(Cl)cc1. The van der Waals surface area contributed by atoms with Gasteiger partial charge in [-0.2, -0.15) is 13.2 Å². The normalized spacial score (nSPS) is 11.3. The number of rotatable bonds is 4. The molecule has 0 aliphatic heterocycles. The molecule has 0 atom stereocenters. The van der Waals surface area contributed by atoms with Crippen LogP contribution in [0.15, 0.2) is 48.5 Å². The van der Waals surface area contributed by atoms with Crippen molar-refractivity contribution in [2.75, 3.05) is 0 Å². The van der Waals surface area contributed by atoms with Crippen molar-refractivity contribution >= 4 is 23.2 Å². The second-order valence-electron chi connectivity index (χ2n) is 4.61. The molecule has 0 saturated carbocycles. The van der Waals surface area contributed by atoms with Crippen LogP contribution in [0.4, 0.5) is 13.2 Å². The van der Waals surface area contributed by atoms with Crippen molar-refractivity contribution in [3.63, 3.8) is 0 Å². The van der Waals surface area contributed by atoms with E-state index < -0.39 is 29.7 Å². The molecule has 0 amide bonds. The summed E-state index contributed by atoms with van der Waals surface area (Å²) in [6, 6.07) is 9.81. The van der Waals surface area contributed by atoms with Crippen LogP contribution in [0.25, 0.3) is 0 Å². The first kappa shape index (κ1) is 16.2. The highest BCUT2D eigenvalue weighted by Crippen LogP contribution is 2.29. The smallest absolute Gasteiger partial charge is 0.294 e. The van der Waals surface area contributed by atoms with Crippen LogP contribution in [0.2, 0.25) is 5.02 Å². The fraction of sp³-hybridized carbons (Fsp3) is 0.125. The Morgan fingerprint density at radius 1 is 0.818 bits per heavy atom. The molecule has 0 heterocycles. The van der Waals surface area contributed by atoms with Crippen molar-refractivity contribution in [2.45, 2.75) is 12.6 Å². The molecule has 0 aliphatic carbocycles. The zero-order valence-electron chi connectivity index (χ0n) is 11.2. The first-order valence-corrected chi connectivity index (χ1v) is 6.64. The second-order valence-corrected chi connectivity index (χ2v) is 5.04. The molecule has 6 heteroatoms. The molecule has 2 nitrogen and oxygen atoms in total. The van der Waals surface area contributed by atoms with Gasteiger partial charge in [-0.3, -0.25) is 9.59 Å². The van der Waals surface area contributed by atoms with Crippen LogP contribution in [0.3, 0.4) is 0 Å². The fourth-order valence-electron chi connectivity index (χ4n) is 1.83. The van der Waals surface area contributed by atoms with E-state index in [0.29, 0.717) is 10.6 Å². The number of carbonyl (C=O) groups is 2. The summed E-state index contributed by atoms with van der Waals surface area (Å²) in [4.78, 5) is 23.9. The van der Waals surface area contributed by atoms with E-state index in [0.717, 1.165) is 24.3 Å². The summed E-state index contributed by atoms with van der Waals surface area (Å²) >= 11 is 5.70.